The van der Waals surface area contributed by atoms with Crippen molar-refractivity contribution in [3.8, 4) is 6.19 Å². The minimum atomic E-state index is -0.464. The summed E-state index contributed by atoms with van der Waals surface area (Å²) < 4.78 is 0. The zero-order valence-corrected chi connectivity index (χ0v) is 14.7. The number of Topliss-reactive ketones (excluding diaryl/α,β-unsaturated/α-hetero) is 1. The van der Waals surface area contributed by atoms with Crippen LogP contribution in [-0.4, -0.2) is 29.2 Å². The fourth-order valence-corrected chi connectivity index (χ4v) is 1.89. The van der Waals surface area contributed by atoms with Crippen LogP contribution >= 0.6 is 0 Å². The van der Waals surface area contributed by atoms with E-state index >= 15 is 0 Å². The van der Waals surface area contributed by atoms with Crippen LogP contribution in [0, 0.1) is 22.3 Å². The number of hydrogen-bond acceptors (Lipinski definition) is 4. The SMILES string of the molecule is CCCCCCN(NC(=N)NC#N)C(=O)CCC(=O)C(C)(C)C. The van der Waals surface area contributed by atoms with Crippen LogP contribution in [0.2, 0.25) is 0 Å². The van der Waals surface area contributed by atoms with Gasteiger partial charge in [-0.1, -0.05) is 47.0 Å². The van der Waals surface area contributed by atoms with Crippen molar-refractivity contribution in [2.24, 2.45) is 5.41 Å². The topological polar surface area (TPSA) is 109 Å². The lowest BCUT2D eigenvalue weighted by Gasteiger charge is -2.24. The lowest BCUT2D eigenvalue weighted by molar-refractivity contribution is -0.136. The van der Waals surface area contributed by atoms with Gasteiger partial charge in [-0.15, -0.1) is 0 Å². The van der Waals surface area contributed by atoms with Crippen molar-refractivity contribution in [2.75, 3.05) is 6.54 Å². The molecule has 7 heteroatoms. The molecule has 0 atom stereocenters. The minimum Gasteiger partial charge on any atom is -0.299 e. The molecule has 0 aromatic rings. The summed E-state index contributed by atoms with van der Waals surface area (Å²) >= 11 is 0. The van der Waals surface area contributed by atoms with Crippen molar-refractivity contribution in [3.05, 3.63) is 0 Å². The summed E-state index contributed by atoms with van der Waals surface area (Å²) in [5, 5.41) is 19.5. The highest BCUT2D eigenvalue weighted by atomic mass is 16.2. The molecule has 3 N–H and O–H groups in total. The van der Waals surface area contributed by atoms with E-state index in [0.717, 1.165) is 25.7 Å². The summed E-state index contributed by atoms with van der Waals surface area (Å²) in [7, 11) is 0. The molecular formula is C16H29N5O2. The predicted octanol–water partition coefficient (Wildman–Crippen LogP) is 2.30. The Balaban J connectivity index is 4.57. The molecule has 0 aromatic carbocycles. The van der Waals surface area contributed by atoms with Gasteiger partial charge in [0.2, 0.25) is 11.9 Å². The molecule has 0 saturated carbocycles. The molecule has 0 heterocycles. The van der Waals surface area contributed by atoms with Gasteiger partial charge in [0.25, 0.3) is 0 Å². The smallest absolute Gasteiger partial charge is 0.241 e. The zero-order chi connectivity index (χ0) is 17.9. The van der Waals surface area contributed by atoms with Gasteiger partial charge < -0.3 is 0 Å². The molecule has 130 valence electrons. The van der Waals surface area contributed by atoms with Gasteiger partial charge in [0.1, 0.15) is 5.78 Å². The molecule has 0 rings (SSSR count). The van der Waals surface area contributed by atoms with Crippen LogP contribution in [-0.2, 0) is 9.59 Å². The van der Waals surface area contributed by atoms with Gasteiger partial charge in [0.15, 0.2) is 6.19 Å². The van der Waals surface area contributed by atoms with Gasteiger partial charge in [-0.2, -0.15) is 5.26 Å². The van der Waals surface area contributed by atoms with E-state index in [1.54, 1.807) is 6.19 Å². The summed E-state index contributed by atoms with van der Waals surface area (Å²) in [5.74, 6) is -0.468. The summed E-state index contributed by atoms with van der Waals surface area (Å²) in [6, 6.07) is 0. The number of hydrazine groups is 1. The minimum absolute atomic E-state index is 0.0296. The third-order valence-electron chi connectivity index (χ3n) is 3.37. The van der Waals surface area contributed by atoms with E-state index in [2.05, 4.69) is 17.7 Å². The van der Waals surface area contributed by atoms with Crippen molar-refractivity contribution >= 4 is 17.6 Å². The molecule has 1 amide bonds. The molecule has 23 heavy (non-hydrogen) atoms. The fraction of sp³-hybridized carbons (Fsp3) is 0.750. The molecule has 0 fully saturated rings. The summed E-state index contributed by atoms with van der Waals surface area (Å²) in [6.45, 7) is 8.02. The average molecular weight is 323 g/mol. The first-order valence-corrected chi connectivity index (χ1v) is 8.06. The van der Waals surface area contributed by atoms with E-state index in [9.17, 15) is 9.59 Å². The van der Waals surface area contributed by atoms with Crippen molar-refractivity contribution < 1.29 is 9.59 Å². The maximum absolute atomic E-state index is 12.3. The Kier molecular flexibility index (Phi) is 9.63. The lowest BCUT2D eigenvalue weighted by Crippen LogP contribution is -2.50. The number of carbonyl (C=O) groups excluding carboxylic acids is 2. The highest BCUT2D eigenvalue weighted by Gasteiger charge is 2.23. The van der Waals surface area contributed by atoms with Crippen molar-refractivity contribution in [2.45, 2.75) is 66.2 Å². The average Bonchev–Trinajstić information content (AvgIpc) is 2.46. The first kappa shape index (κ1) is 20.9. The van der Waals surface area contributed by atoms with Crippen molar-refractivity contribution in [3.63, 3.8) is 0 Å². The Bertz CT molecular complexity index is 448. The van der Waals surface area contributed by atoms with E-state index < -0.39 is 5.41 Å². The number of ketones is 1. The normalized spacial score (nSPS) is 10.6. The molecule has 0 aliphatic heterocycles. The molecule has 0 aliphatic rings. The molecule has 0 aliphatic carbocycles. The van der Waals surface area contributed by atoms with Crippen LogP contribution in [0.25, 0.3) is 0 Å². The molecule has 7 nitrogen and oxygen atoms in total. The van der Waals surface area contributed by atoms with Gasteiger partial charge in [0.05, 0.1) is 0 Å². The number of amides is 1. The molecule has 0 bridgehead atoms. The Hall–Kier alpha value is -2.10. The van der Waals surface area contributed by atoms with Gasteiger partial charge in [-0.05, 0) is 6.42 Å². The number of guanidine groups is 1. The Morgan fingerprint density at radius 2 is 1.83 bits per heavy atom. The quantitative estimate of drug-likeness (QED) is 0.159. The van der Waals surface area contributed by atoms with Crippen LogP contribution in [0.4, 0.5) is 0 Å². The number of hydrogen-bond donors (Lipinski definition) is 3. The van der Waals surface area contributed by atoms with Crippen LogP contribution in [0.3, 0.4) is 0 Å². The molecular weight excluding hydrogens is 294 g/mol. The van der Waals surface area contributed by atoms with Crippen LogP contribution in [0.1, 0.15) is 66.2 Å². The zero-order valence-electron chi connectivity index (χ0n) is 14.7. The number of unbranched alkanes of at least 4 members (excludes halogenated alkanes) is 3. The Labute approximate surface area is 138 Å². The van der Waals surface area contributed by atoms with Crippen LogP contribution in [0.15, 0.2) is 0 Å². The second-order valence-corrected chi connectivity index (χ2v) is 6.50. The van der Waals surface area contributed by atoms with Gasteiger partial charge in [-0.3, -0.25) is 30.7 Å². The van der Waals surface area contributed by atoms with E-state index in [1.165, 1.54) is 5.01 Å². The molecule has 0 spiro atoms. The monoisotopic (exact) mass is 323 g/mol. The molecule has 0 aromatic heterocycles. The van der Waals surface area contributed by atoms with E-state index in [-0.39, 0.29) is 30.5 Å². The molecule has 0 radical (unpaired) electrons. The highest BCUT2D eigenvalue weighted by Crippen LogP contribution is 2.18. The summed E-state index contributed by atoms with van der Waals surface area (Å²) in [6.07, 6.45) is 5.86. The third kappa shape index (κ3) is 9.51. The maximum atomic E-state index is 12.3. The number of nitriles is 1. The highest BCUT2D eigenvalue weighted by molar-refractivity contribution is 5.89. The van der Waals surface area contributed by atoms with E-state index in [1.807, 2.05) is 20.8 Å². The summed E-state index contributed by atoms with van der Waals surface area (Å²) in [5.41, 5.74) is 2.12. The second-order valence-electron chi connectivity index (χ2n) is 6.50. The van der Waals surface area contributed by atoms with Gasteiger partial charge in [0, 0.05) is 24.8 Å². The fourth-order valence-electron chi connectivity index (χ4n) is 1.89. The molecule has 0 unspecified atom stereocenters. The van der Waals surface area contributed by atoms with Gasteiger partial charge in [-0.25, -0.2) is 0 Å². The second kappa shape index (κ2) is 10.6. The van der Waals surface area contributed by atoms with Crippen molar-refractivity contribution in [1.82, 2.24) is 15.8 Å². The number of nitrogens with zero attached hydrogens (tertiary/aromatic N) is 2. The first-order chi connectivity index (χ1) is 10.7. The standard InChI is InChI=1S/C16H29N5O2/c1-5-6-7-8-11-21(20-15(18)19-12-17)14(23)10-9-13(22)16(2,3)4/h5-11H2,1-4H3,(H3,18,19,20). The van der Waals surface area contributed by atoms with Crippen LogP contribution in [0.5, 0.6) is 0 Å². The number of nitrogens with one attached hydrogen (secondary N) is 3. The Morgan fingerprint density at radius 3 is 2.35 bits per heavy atom. The summed E-state index contributed by atoms with van der Waals surface area (Å²) in [4.78, 5) is 24.2. The Morgan fingerprint density at radius 1 is 1.17 bits per heavy atom. The van der Waals surface area contributed by atoms with E-state index in [0.29, 0.717) is 6.54 Å². The molecule has 0 saturated heterocycles. The number of rotatable bonds is 8. The largest absolute Gasteiger partial charge is 0.299 e. The third-order valence-corrected chi connectivity index (χ3v) is 3.37. The van der Waals surface area contributed by atoms with Crippen LogP contribution < -0.4 is 10.7 Å². The number of carbonyl (C=O) groups is 2. The lowest BCUT2D eigenvalue weighted by atomic mass is 9.88. The maximum Gasteiger partial charge on any atom is 0.241 e. The van der Waals surface area contributed by atoms with E-state index in [4.69, 9.17) is 10.7 Å². The van der Waals surface area contributed by atoms with Gasteiger partial charge >= 0.3 is 0 Å². The van der Waals surface area contributed by atoms with Crippen molar-refractivity contribution in [1.29, 1.82) is 10.7 Å². The predicted molar refractivity (Wildman–Crippen MR) is 89.2 cm³/mol. The first-order valence-electron chi connectivity index (χ1n) is 8.06.